The summed E-state index contributed by atoms with van der Waals surface area (Å²) in [5.74, 6) is -1.36. The number of rotatable bonds is 1. The zero-order chi connectivity index (χ0) is 10.1. The largest absolute Gasteiger partial charge is 0.419 e. The minimum absolute atomic E-state index is 0.116. The summed E-state index contributed by atoms with van der Waals surface area (Å²) in [6, 6.07) is 2.32. The zero-order valence-corrected chi connectivity index (χ0v) is 6.40. The molecule has 0 aromatic heterocycles. The molecule has 0 bridgehead atoms. The molecule has 13 heavy (non-hydrogen) atoms. The molecule has 0 amide bonds. The first-order chi connectivity index (χ1) is 5.95. The normalized spacial score (nSPS) is 11.8. The van der Waals surface area contributed by atoms with Gasteiger partial charge < -0.3 is 0 Å². The van der Waals surface area contributed by atoms with E-state index in [1.54, 1.807) is 0 Å². The fraction of sp³-hybridized carbons (Fsp3) is 0.250. The van der Waals surface area contributed by atoms with E-state index in [1.807, 2.05) is 0 Å². The molecule has 0 atom stereocenters. The topological polar surface area (TPSA) is 22.3 Å². The van der Waals surface area contributed by atoms with Crippen LogP contribution in [-0.2, 0) is 12.7 Å². The van der Waals surface area contributed by atoms with Crippen molar-refractivity contribution in [3.8, 4) is 0 Å². The number of halogens is 4. The molecule has 0 saturated carbocycles. The number of nitrogens with zero attached hydrogens (tertiary/aromatic N) is 1. The van der Waals surface area contributed by atoms with Crippen molar-refractivity contribution in [3.05, 3.63) is 35.1 Å². The zero-order valence-electron chi connectivity index (χ0n) is 6.40. The highest BCUT2D eigenvalue weighted by molar-refractivity contribution is 5.26. The second kappa shape index (κ2) is 3.33. The maximum Gasteiger partial charge on any atom is 0.419 e. The first-order valence-electron chi connectivity index (χ1n) is 3.41. The Kier molecular flexibility index (Phi) is 2.56. The van der Waals surface area contributed by atoms with Gasteiger partial charge in [-0.25, -0.2) is 4.39 Å². The second-order valence-corrected chi connectivity index (χ2v) is 2.47. The second-order valence-electron chi connectivity index (χ2n) is 2.47. The fourth-order valence-corrected chi connectivity index (χ4v) is 0.887. The predicted molar refractivity (Wildman–Crippen MR) is 37.2 cm³/mol. The van der Waals surface area contributed by atoms with Crippen LogP contribution in [0.3, 0.4) is 0 Å². The Morgan fingerprint density at radius 2 is 1.85 bits per heavy atom. The molecule has 0 aliphatic heterocycles. The van der Waals surface area contributed by atoms with Gasteiger partial charge >= 0.3 is 6.18 Å². The molecule has 1 nitrogen and oxygen atoms in total. The Bertz CT molecular complexity index is 306. The summed E-state index contributed by atoms with van der Waals surface area (Å²) in [5, 5.41) is 0. The van der Waals surface area contributed by atoms with Crippen LogP contribution in [0.5, 0.6) is 0 Å². The van der Waals surface area contributed by atoms with E-state index >= 15 is 0 Å². The molecular formula is C8H5F4N. The van der Waals surface area contributed by atoms with Crippen LogP contribution in [-0.4, -0.2) is 0 Å². The third-order valence-corrected chi connectivity index (χ3v) is 1.52. The molecule has 0 fully saturated rings. The van der Waals surface area contributed by atoms with Crippen LogP contribution in [0.1, 0.15) is 11.1 Å². The summed E-state index contributed by atoms with van der Waals surface area (Å²) >= 11 is 0. The monoisotopic (exact) mass is 191 g/mol. The Morgan fingerprint density at radius 1 is 1.23 bits per heavy atom. The smallest absolute Gasteiger partial charge is 0.206 e. The quantitative estimate of drug-likeness (QED) is 0.608. The summed E-state index contributed by atoms with van der Waals surface area (Å²) in [5.41, 5.74) is 7.31. The molecule has 70 valence electrons. The van der Waals surface area contributed by atoms with Crippen LogP contribution in [0, 0.1) is 5.82 Å². The SMILES string of the molecule is [N]Cc1ccc(C(F)(F)F)c(F)c1. The molecule has 0 aliphatic rings. The molecule has 1 aromatic rings. The van der Waals surface area contributed by atoms with Gasteiger partial charge in [0, 0.05) is 0 Å². The lowest BCUT2D eigenvalue weighted by molar-refractivity contribution is -0.140. The Labute approximate surface area is 72.2 Å². The van der Waals surface area contributed by atoms with Crippen molar-refractivity contribution in [2.75, 3.05) is 0 Å². The molecule has 2 radical (unpaired) electrons. The lowest BCUT2D eigenvalue weighted by Crippen LogP contribution is -2.08. The fourth-order valence-electron chi connectivity index (χ4n) is 0.887. The maximum atomic E-state index is 12.7. The maximum absolute atomic E-state index is 12.7. The molecule has 0 unspecified atom stereocenters. The van der Waals surface area contributed by atoms with Gasteiger partial charge in [0.05, 0.1) is 12.1 Å². The van der Waals surface area contributed by atoms with Gasteiger partial charge in [-0.1, -0.05) is 6.07 Å². The third-order valence-electron chi connectivity index (χ3n) is 1.52. The van der Waals surface area contributed by atoms with E-state index in [0.717, 1.165) is 6.07 Å². The third kappa shape index (κ3) is 2.18. The summed E-state index contributed by atoms with van der Waals surface area (Å²) < 4.78 is 48.6. The van der Waals surface area contributed by atoms with Gasteiger partial charge in [0.25, 0.3) is 0 Å². The molecule has 0 aliphatic carbocycles. The van der Waals surface area contributed by atoms with E-state index in [0.29, 0.717) is 12.1 Å². The predicted octanol–water partition coefficient (Wildman–Crippen LogP) is 2.41. The molecular weight excluding hydrogens is 186 g/mol. The van der Waals surface area contributed by atoms with Crippen LogP contribution in [0.2, 0.25) is 0 Å². The van der Waals surface area contributed by atoms with Gasteiger partial charge in [0.2, 0.25) is 0 Å². The van der Waals surface area contributed by atoms with Crippen molar-refractivity contribution >= 4 is 0 Å². The molecule has 0 spiro atoms. The minimum Gasteiger partial charge on any atom is -0.206 e. The number of hydrogen-bond acceptors (Lipinski definition) is 0. The van der Waals surface area contributed by atoms with E-state index in [1.165, 1.54) is 0 Å². The van der Waals surface area contributed by atoms with Crippen LogP contribution >= 0.6 is 0 Å². The van der Waals surface area contributed by atoms with Gasteiger partial charge in [-0.3, -0.25) is 0 Å². The van der Waals surface area contributed by atoms with Crippen molar-refractivity contribution in [3.63, 3.8) is 0 Å². The number of alkyl halides is 3. The lowest BCUT2D eigenvalue weighted by Gasteiger charge is -2.07. The Balaban J connectivity index is 3.13. The Hall–Kier alpha value is -1.10. The van der Waals surface area contributed by atoms with Crippen molar-refractivity contribution in [1.82, 2.24) is 5.73 Å². The van der Waals surface area contributed by atoms with E-state index in [-0.39, 0.29) is 5.56 Å². The van der Waals surface area contributed by atoms with E-state index in [9.17, 15) is 17.6 Å². The average Bonchev–Trinajstić information content (AvgIpc) is 2.01. The lowest BCUT2D eigenvalue weighted by atomic mass is 10.1. The van der Waals surface area contributed by atoms with Gasteiger partial charge in [0.15, 0.2) is 0 Å². The Morgan fingerprint density at radius 3 is 2.23 bits per heavy atom. The average molecular weight is 191 g/mol. The molecule has 1 aromatic carbocycles. The minimum atomic E-state index is -4.68. The molecule has 1 rings (SSSR count). The van der Waals surface area contributed by atoms with Crippen molar-refractivity contribution in [1.29, 1.82) is 0 Å². The number of hydrogen-bond donors (Lipinski definition) is 0. The van der Waals surface area contributed by atoms with Crippen LogP contribution < -0.4 is 5.73 Å². The standard InChI is InChI=1S/C8H5F4N/c9-7-3-5(4-13)1-2-6(7)8(10,11)12/h1-3H,4H2. The summed E-state index contributed by atoms with van der Waals surface area (Å²) in [4.78, 5) is 0. The molecule has 5 heteroatoms. The van der Waals surface area contributed by atoms with Crippen molar-refractivity contribution < 1.29 is 17.6 Å². The highest BCUT2D eigenvalue weighted by atomic mass is 19.4. The van der Waals surface area contributed by atoms with Gasteiger partial charge in [-0.05, 0) is 17.7 Å². The highest BCUT2D eigenvalue weighted by Gasteiger charge is 2.33. The molecule has 0 saturated heterocycles. The van der Waals surface area contributed by atoms with Crippen LogP contribution in [0.15, 0.2) is 18.2 Å². The van der Waals surface area contributed by atoms with E-state index in [2.05, 4.69) is 0 Å². The van der Waals surface area contributed by atoms with Crippen molar-refractivity contribution in [2.24, 2.45) is 0 Å². The molecule has 0 N–H and O–H groups in total. The summed E-state index contributed by atoms with van der Waals surface area (Å²) in [6.45, 7) is -0.477. The first-order valence-corrected chi connectivity index (χ1v) is 3.41. The highest BCUT2D eigenvalue weighted by Crippen LogP contribution is 2.31. The van der Waals surface area contributed by atoms with Gasteiger partial charge in [0.1, 0.15) is 5.82 Å². The van der Waals surface area contributed by atoms with Gasteiger partial charge in [-0.2, -0.15) is 13.2 Å². The van der Waals surface area contributed by atoms with E-state index in [4.69, 9.17) is 5.73 Å². The first kappa shape index (κ1) is 9.98. The van der Waals surface area contributed by atoms with Gasteiger partial charge in [-0.15, -0.1) is 5.73 Å². The van der Waals surface area contributed by atoms with Crippen molar-refractivity contribution in [2.45, 2.75) is 12.7 Å². The summed E-state index contributed by atoms with van der Waals surface area (Å²) in [6.07, 6.45) is -4.68. The van der Waals surface area contributed by atoms with Crippen LogP contribution in [0.4, 0.5) is 17.6 Å². The summed E-state index contributed by atoms with van der Waals surface area (Å²) in [7, 11) is 0. The number of benzene rings is 1. The molecule has 0 heterocycles. The van der Waals surface area contributed by atoms with E-state index < -0.39 is 24.1 Å². The van der Waals surface area contributed by atoms with Crippen LogP contribution in [0.25, 0.3) is 0 Å².